The maximum atomic E-state index is 13.1. The predicted octanol–water partition coefficient (Wildman–Crippen LogP) is 4.34. The van der Waals surface area contributed by atoms with Gasteiger partial charge in [-0.15, -0.1) is 0 Å². The van der Waals surface area contributed by atoms with E-state index in [-0.39, 0.29) is 6.61 Å². The molecule has 39 heavy (non-hydrogen) atoms. The van der Waals surface area contributed by atoms with Crippen molar-refractivity contribution in [2.24, 2.45) is 16.2 Å². The lowest BCUT2D eigenvalue weighted by Gasteiger charge is -2.48. The fraction of sp³-hybridized carbons (Fsp3) is 0.690. The van der Waals surface area contributed by atoms with Gasteiger partial charge in [0.15, 0.2) is 12.4 Å². The summed E-state index contributed by atoms with van der Waals surface area (Å²) in [6.45, 7) is 15.4. The van der Waals surface area contributed by atoms with Gasteiger partial charge in [0, 0.05) is 5.56 Å². The van der Waals surface area contributed by atoms with Gasteiger partial charge in [-0.1, -0.05) is 12.1 Å². The number of methoxy groups -OCH3 is 1. The molecule has 1 aromatic carbocycles. The molecule has 0 N–H and O–H groups in total. The largest absolute Gasteiger partial charge is 0.497 e. The highest BCUT2D eigenvalue weighted by molar-refractivity contribution is 5.77. The van der Waals surface area contributed by atoms with E-state index in [4.69, 9.17) is 33.2 Å². The fourth-order valence-electron chi connectivity index (χ4n) is 3.71. The fourth-order valence-corrected chi connectivity index (χ4v) is 3.71. The van der Waals surface area contributed by atoms with Crippen molar-refractivity contribution < 1.29 is 47.5 Å². The van der Waals surface area contributed by atoms with E-state index in [0.717, 1.165) is 0 Å². The minimum atomic E-state index is -1.35. The molecule has 0 saturated carbocycles. The number of hydrogen-bond donors (Lipinski definition) is 0. The first-order chi connectivity index (χ1) is 17.9. The zero-order chi connectivity index (χ0) is 29.3. The first-order valence-corrected chi connectivity index (χ1v) is 13.1. The number of esters is 3. The highest BCUT2D eigenvalue weighted by Gasteiger charge is 2.56. The Hall–Kier alpha value is -2.69. The first-order valence-electron chi connectivity index (χ1n) is 13.1. The van der Waals surface area contributed by atoms with Gasteiger partial charge in [0.1, 0.15) is 18.0 Å². The Balaban J connectivity index is 2.01. The predicted molar refractivity (Wildman–Crippen MR) is 139 cm³/mol. The van der Waals surface area contributed by atoms with Gasteiger partial charge in [-0.2, -0.15) is 0 Å². The van der Waals surface area contributed by atoms with Crippen LogP contribution in [0.1, 0.15) is 74.2 Å². The Bertz CT molecular complexity index is 1030. The molecule has 2 aliphatic rings. The van der Waals surface area contributed by atoms with Crippen molar-refractivity contribution in [1.82, 2.24) is 0 Å². The second-order valence-electron chi connectivity index (χ2n) is 13.0. The molecular weight excluding hydrogens is 508 g/mol. The standard InChI is InChI=1S/C29H42O10/c1-27(2,3)24(30)37-20-19-18(15-34-22(36-19)16-11-13-17(33-10)14-12-16)35-23(39-26(32)29(7,8)9)21(20)38-25(31)28(4,5)6/h11-14,18-23H,15H2,1-10H3/t18?,19-,20+,21?,22?,23-/m0/s1. The lowest BCUT2D eigenvalue weighted by atomic mass is 9.93. The molecule has 2 aliphatic heterocycles. The van der Waals surface area contributed by atoms with Gasteiger partial charge < -0.3 is 33.2 Å². The molecule has 0 amide bonds. The van der Waals surface area contributed by atoms with Crippen molar-refractivity contribution in [2.75, 3.05) is 13.7 Å². The molecule has 1 aromatic rings. The Kier molecular flexibility index (Phi) is 9.04. The van der Waals surface area contributed by atoms with E-state index in [0.29, 0.717) is 11.3 Å². The van der Waals surface area contributed by atoms with Crippen LogP contribution >= 0.6 is 0 Å². The van der Waals surface area contributed by atoms with Gasteiger partial charge in [0.2, 0.25) is 12.4 Å². The second-order valence-corrected chi connectivity index (χ2v) is 13.0. The lowest BCUT2D eigenvalue weighted by molar-refractivity contribution is -0.359. The number of fused-ring (bicyclic) bond motifs is 1. The van der Waals surface area contributed by atoms with Crippen LogP contribution in [0.15, 0.2) is 24.3 Å². The molecule has 3 rings (SSSR count). The van der Waals surface area contributed by atoms with Gasteiger partial charge in [-0.3, -0.25) is 14.4 Å². The molecule has 10 nitrogen and oxygen atoms in total. The SMILES string of the molecule is COc1ccc(C2OCC3O[C@@H](OC(=O)C(C)(C)C)C(OC(=O)C(C)(C)C)[C@H](OC(=O)C(C)(C)C)[C@H]3O2)cc1. The molecule has 3 unspecified atom stereocenters. The van der Waals surface area contributed by atoms with Crippen LogP contribution in [-0.4, -0.2) is 62.3 Å². The number of rotatable bonds is 5. The number of carbonyl (C=O) groups is 3. The Morgan fingerprint density at radius 3 is 1.69 bits per heavy atom. The molecule has 0 bridgehead atoms. The van der Waals surface area contributed by atoms with Crippen LogP contribution in [0.4, 0.5) is 0 Å². The number of ether oxygens (including phenoxy) is 7. The van der Waals surface area contributed by atoms with E-state index in [1.807, 2.05) is 0 Å². The summed E-state index contributed by atoms with van der Waals surface area (Å²) in [7, 11) is 1.57. The number of hydrogen-bond acceptors (Lipinski definition) is 10. The average molecular weight is 551 g/mol. The van der Waals surface area contributed by atoms with Crippen molar-refractivity contribution in [3.63, 3.8) is 0 Å². The first kappa shape index (κ1) is 30.8. The Morgan fingerprint density at radius 2 is 1.21 bits per heavy atom. The van der Waals surface area contributed by atoms with Crippen molar-refractivity contribution in [3.05, 3.63) is 29.8 Å². The second kappa shape index (κ2) is 11.4. The summed E-state index contributed by atoms with van der Waals surface area (Å²) in [6.07, 6.45) is -6.27. The summed E-state index contributed by atoms with van der Waals surface area (Å²) in [5, 5.41) is 0. The highest BCUT2D eigenvalue weighted by Crippen LogP contribution is 2.39. The lowest BCUT2D eigenvalue weighted by Crippen LogP contribution is -2.65. The molecule has 2 fully saturated rings. The van der Waals surface area contributed by atoms with Gasteiger partial charge in [-0.05, 0) is 74.4 Å². The molecule has 2 saturated heterocycles. The molecule has 6 atom stereocenters. The summed E-state index contributed by atoms with van der Waals surface area (Å²) in [5.41, 5.74) is -1.92. The number of carbonyl (C=O) groups excluding carboxylic acids is 3. The van der Waals surface area contributed by atoms with Crippen molar-refractivity contribution in [1.29, 1.82) is 0 Å². The summed E-state index contributed by atoms with van der Waals surface area (Å²) < 4.78 is 41.2. The van der Waals surface area contributed by atoms with Crippen LogP contribution in [0.3, 0.4) is 0 Å². The van der Waals surface area contributed by atoms with Crippen LogP contribution in [0, 0.1) is 16.2 Å². The zero-order valence-corrected chi connectivity index (χ0v) is 24.6. The number of benzene rings is 1. The van der Waals surface area contributed by atoms with E-state index in [1.54, 1.807) is 93.7 Å². The topological polar surface area (TPSA) is 116 Å². The third kappa shape index (κ3) is 7.49. The maximum absolute atomic E-state index is 13.1. The van der Waals surface area contributed by atoms with Crippen LogP contribution < -0.4 is 4.74 Å². The van der Waals surface area contributed by atoms with E-state index in [9.17, 15) is 14.4 Å². The smallest absolute Gasteiger partial charge is 0.313 e. The molecule has 0 spiro atoms. The van der Waals surface area contributed by atoms with Crippen molar-refractivity contribution in [2.45, 2.75) is 99.3 Å². The highest BCUT2D eigenvalue weighted by atomic mass is 16.8. The minimum Gasteiger partial charge on any atom is -0.497 e. The third-order valence-electron chi connectivity index (χ3n) is 6.22. The Morgan fingerprint density at radius 1 is 0.718 bits per heavy atom. The maximum Gasteiger partial charge on any atom is 0.313 e. The van der Waals surface area contributed by atoms with Crippen LogP contribution in [0.25, 0.3) is 0 Å². The summed E-state index contributed by atoms with van der Waals surface area (Å²) >= 11 is 0. The summed E-state index contributed by atoms with van der Waals surface area (Å²) in [4.78, 5) is 39.1. The van der Waals surface area contributed by atoms with Crippen LogP contribution in [-0.2, 0) is 42.8 Å². The minimum absolute atomic E-state index is 0.0500. The van der Waals surface area contributed by atoms with Crippen LogP contribution in [0.2, 0.25) is 0 Å². The molecule has 0 radical (unpaired) electrons. The molecule has 0 aromatic heterocycles. The van der Waals surface area contributed by atoms with Gasteiger partial charge in [0.25, 0.3) is 0 Å². The van der Waals surface area contributed by atoms with Gasteiger partial charge in [0.05, 0.1) is 30.0 Å². The quantitative estimate of drug-likeness (QED) is 0.387. The van der Waals surface area contributed by atoms with E-state index >= 15 is 0 Å². The summed E-state index contributed by atoms with van der Waals surface area (Å²) in [5.74, 6) is -1.02. The van der Waals surface area contributed by atoms with E-state index < -0.39 is 71.1 Å². The molecule has 218 valence electrons. The average Bonchev–Trinajstić information content (AvgIpc) is 2.83. The van der Waals surface area contributed by atoms with Crippen molar-refractivity contribution in [3.8, 4) is 5.75 Å². The molecule has 2 heterocycles. The van der Waals surface area contributed by atoms with Gasteiger partial charge in [-0.25, -0.2) is 0 Å². The zero-order valence-electron chi connectivity index (χ0n) is 24.6. The monoisotopic (exact) mass is 550 g/mol. The third-order valence-corrected chi connectivity index (χ3v) is 6.22. The molecule has 10 heteroatoms. The Labute approximate surface area is 230 Å². The van der Waals surface area contributed by atoms with Crippen LogP contribution in [0.5, 0.6) is 5.75 Å². The summed E-state index contributed by atoms with van der Waals surface area (Å²) in [6, 6.07) is 7.15. The van der Waals surface area contributed by atoms with E-state index in [2.05, 4.69) is 0 Å². The molecule has 0 aliphatic carbocycles. The molecular formula is C29H42O10. The normalized spacial score (nSPS) is 27.6. The van der Waals surface area contributed by atoms with E-state index in [1.165, 1.54) is 0 Å². The van der Waals surface area contributed by atoms with Gasteiger partial charge >= 0.3 is 17.9 Å². The van der Waals surface area contributed by atoms with Crippen molar-refractivity contribution >= 4 is 17.9 Å².